The molecule has 0 radical (unpaired) electrons. The SMILES string of the molecule is Cc1ccc(S(=O)(=O)/N=C\c2ccccc2O)cc1. The molecule has 0 bridgehead atoms. The highest BCUT2D eigenvalue weighted by Crippen LogP contribution is 2.16. The molecule has 19 heavy (non-hydrogen) atoms. The maximum atomic E-state index is 11.9. The van der Waals surface area contributed by atoms with E-state index in [0.29, 0.717) is 5.56 Å². The number of hydrogen-bond donors (Lipinski definition) is 1. The highest BCUT2D eigenvalue weighted by molar-refractivity contribution is 7.90. The molecule has 5 heteroatoms. The van der Waals surface area contributed by atoms with E-state index in [1.54, 1.807) is 30.3 Å². The molecule has 1 N–H and O–H groups in total. The smallest absolute Gasteiger partial charge is 0.282 e. The van der Waals surface area contributed by atoms with Crippen LogP contribution in [0.1, 0.15) is 11.1 Å². The molecule has 0 aliphatic heterocycles. The van der Waals surface area contributed by atoms with Crippen LogP contribution in [0.25, 0.3) is 0 Å². The van der Waals surface area contributed by atoms with Crippen molar-refractivity contribution in [2.24, 2.45) is 4.40 Å². The van der Waals surface area contributed by atoms with Crippen molar-refractivity contribution in [2.75, 3.05) is 0 Å². The molecule has 2 rings (SSSR count). The minimum atomic E-state index is -3.73. The second-order valence-electron chi connectivity index (χ2n) is 4.08. The Hall–Kier alpha value is -2.14. The van der Waals surface area contributed by atoms with E-state index in [2.05, 4.69) is 4.40 Å². The van der Waals surface area contributed by atoms with Crippen LogP contribution in [-0.4, -0.2) is 19.7 Å². The first-order valence-electron chi connectivity index (χ1n) is 5.64. The summed E-state index contributed by atoms with van der Waals surface area (Å²) in [7, 11) is -3.73. The van der Waals surface area contributed by atoms with E-state index < -0.39 is 10.0 Å². The number of benzene rings is 2. The quantitative estimate of drug-likeness (QED) is 0.875. The second-order valence-corrected chi connectivity index (χ2v) is 5.71. The molecule has 0 fully saturated rings. The van der Waals surface area contributed by atoms with E-state index in [9.17, 15) is 13.5 Å². The fraction of sp³-hybridized carbons (Fsp3) is 0.0714. The molecular weight excluding hydrogens is 262 g/mol. The van der Waals surface area contributed by atoms with Crippen molar-refractivity contribution in [3.05, 3.63) is 59.7 Å². The Labute approximate surface area is 112 Å². The minimum absolute atomic E-state index is 0.00893. The standard InChI is InChI=1S/C14H13NO3S/c1-11-6-8-13(9-7-11)19(17,18)15-10-12-4-2-3-5-14(12)16/h2-10,16H,1H3/b15-10-. The number of phenolic OH excluding ortho intramolecular Hbond substituents is 1. The topological polar surface area (TPSA) is 66.7 Å². The molecule has 0 heterocycles. The molecule has 0 saturated heterocycles. The van der Waals surface area contributed by atoms with Gasteiger partial charge in [0.2, 0.25) is 0 Å². The summed E-state index contributed by atoms with van der Waals surface area (Å²) in [6.07, 6.45) is 1.14. The third-order valence-corrected chi connectivity index (χ3v) is 3.84. The number of hydrogen-bond acceptors (Lipinski definition) is 3. The molecule has 0 amide bonds. The molecule has 98 valence electrons. The zero-order valence-electron chi connectivity index (χ0n) is 10.3. The Morgan fingerprint density at radius 1 is 1.05 bits per heavy atom. The summed E-state index contributed by atoms with van der Waals surface area (Å²) in [6, 6.07) is 12.8. The lowest BCUT2D eigenvalue weighted by Crippen LogP contribution is -1.97. The first-order chi connectivity index (χ1) is 8.99. The van der Waals surface area contributed by atoms with E-state index in [1.165, 1.54) is 18.2 Å². The molecule has 0 unspecified atom stereocenters. The van der Waals surface area contributed by atoms with Crippen LogP contribution in [0, 0.1) is 6.92 Å². The monoisotopic (exact) mass is 275 g/mol. The highest BCUT2D eigenvalue weighted by atomic mass is 32.2. The average molecular weight is 275 g/mol. The van der Waals surface area contributed by atoms with Crippen LogP contribution in [-0.2, 0) is 10.0 Å². The zero-order valence-corrected chi connectivity index (χ0v) is 11.1. The number of rotatable bonds is 3. The molecule has 4 nitrogen and oxygen atoms in total. The van der Waals surface area contributed by atoms with Gasteiger partial charge in [0.25, 0.3) is 10.0 Å². The van der Waals surface area contributed by atoms with Crippen LogP contribution in [0.3, 0.4) is 0 Å². The molecule has 0 aliphatic rings. The van der Waals surface area contributed by atoms with Gasteiger partial charge in [-0.1, -0.05) is 29.8 Å². The predicted octanol–water partition coefficient (Wildman–Crippen LogP) is 2.51. The van der Waals surface area contributed by atoms with Crippen LogP contribution in [0.2, 0.25) is 0 Å². The summed E-state index contributed by atoms with van der Waals surface area (Å²) in [5.74, 6) is -0.00893. The van der Waals surface area contributed by atoms with Crippen molar-refractivity contribution in [3.8, 4) is 5.75 Å². The van der Waals surface area contributed by atoms with Gasteiger partial charge in [0.05, 0.1) is 11.1 Å². The van der Waals surface area contributed by atoms with Crippen LogP contribution >= 0.6 is 0 Å². The van der Waals surface area contributed by atoms with Crippen LogP contribution in [0.15, 0.2) is 57.8 Å². The predicted molar refractivity (Wildman–Crippen MR) is 74.1 cm³/mol. The number of phenols is 1. The van der Waals surface area contributed by atoms with Gasteiger partial charge in [0.1, 0.15) is 5.75 Å². The lowest BCUT2D eigenvalue weighted by molar-refractivity contribution is 0.474. The van der Waals surface area contributed by atoms with Gasteiger partial charge in [0.15, 0.2) is 0 Å². The van der Waals surface area contributed by atoms with Crippen molar-refractivity contribution in [3.63, 3.8) is 0 Å². The summed E-state index contributed by atoms with van der Waals surface area (Å²) in [4.78, 5) is 0.129. The van der Waals surface area contributed by atoms with Gasteiger partial charge in [-0.05, 0) is 31.2 Å². The number of aryl methyl sites for hydroxylation is 1. The van der Waals surface area contributed by atoms with Crippen molar-refractivity contribution in [1.29, 1.82) is 0 Å². The first-order valence-corrected chi connectivity index (χ1v) is 7.08. The van der Waals surface area contributed by atoms with E-state index in [4.69, 9.17) is 0 Å². The Morgan fingerprint density at radius 2 is 1.68 bits per heavy atom. The van der Waals surface area contributed by atoms with Gasteiger partial charge < -0.3 is 5.11 Å². The Bertz CT molecular complexity index is 704. The number of sulfonamides is 1. The summed E-state index contributed by atoms with van der Waals surface area (Å²) in [6.45, 7) is 1.88. The molecule has 2 aromatic carbocycles. The van der Waals surface area contributed by atoms with Gasteiger partial charge >= 0.3 is 0 Å². The van der Waals surface area contributed by atoms with Crippen molar-refractivity contribution >= 4 is 16.2 Å². The Morgan fingerprint density at radius 3 is 2.32 bits per heavy atom. The Kier molecular flexibility index (Phi) is 3.66. The van der Waals surface area contributed by atoms with Gasteiger partial charge in [-0.3, -0.25) is 0 Å². The first kappa shape index (κ1) is 13.3. The molecule has 0 aliphatic carbocycles. The van der Waals surface area contributed by atoms with E-state index in [0.717, 1.165) is 11.8 Å². The third kappa shape index (κ3) is 3.20. The van der Waals surface area contributed by atoms with E-state index in [-0.39, 0.29) is 10.6 Å². The normalized spacial score (nSPS) is 11.8. The van der Waals surface area contributed by atoms with Crippen LogP contribution in [0.4, 0.5) is 0 Å². The Balaban J connectivity index is 2.32. The summed E-state index contributed by atoms with van der Waals surface area (Å²) < 4.78 is 27.5. The molecule has 0 aromatic heterocycles. The maximum Gasteiger partial charge on any atom is 0.282 e. The van der Waals surface area contributed by atoms with Crippen molar-refractivity contribution in [2.45, 2.75) is 11.8 Å². The van der Waals surface area contributed by atoms with Gasteiger partial charge in [-0.25, -0.2) is 0 Å². The molecular formula is C14H13NO3S. The van der Waals surface area contributed by atoms with E-state index in [1.807, 2.05) is 6.92 Å². The van der Waals surface area contributed by atoms with Crippen LogP contribution in [0.5, 0.6) is 5.75 Å². The lowest BCUT2D eigenvalue weighted by Gasteiger charge is -2.00. The summed E-state index contributed by atoms with van der Waals surface area (Å²) in [5, 5.41) is 9.53. The lowest BCUT2D eigenvalue weighted by atomic mass is 10.2. The van der Waals surface area contributed by atoms with E-state index >= 15 is 0 Å². The van der Waals surface area contributed by atoms with Crippen molar-refractivity contribution < 1.29 is 13.5 Å². The average Bonchev–Trinajstić information content (AvgIpc) is 2.38. The summed E-state index contributed by atoms with van der Waals surface area (Å²) in [5.41, 5.74) is 1.34. The van der Waals surface area contributed by atoms with Gasteiger partial charge in [-0.15, -0.1) is 0 Å². The molecule has 0 atom stereocenters. The number of aromatic hydroxyl groups is 1. The molecule has 0 saturated carbocycles. The van der Waals surface area contributed by atoms with Crippen molar-refractivity contribution in [1.82, 2.24) is 0 Å². The largest absolute Gasteiger partial charge is 0.507 e. The highest BCUT2D eigenvalue weighted by Gasteiger charge is 2.11. The third-order valence-electron chi connectivity index (χ3n) is 2.59. The van der Waals surface area contributed by atoms with Gasteiger partial charge in [0, 0.05) is 5.56 Å². The minimum Gasteiger partial charge on any atom is -0.507 e. The molecule has 0 spiro atoms. The number of para-hydroxylation sites is 1. The zero-order chi connectivity index (χ0) is 13.9. The second kappa shape index (κ2) is 5.24. The van der Waals surface area contributed by atoms with Crippen LogP contribution < -0.4 is 0 Å². The summed E-state index contributed by atoms with van der Waals surface area (Å²) >= 11 is 0. The number of nitrogens with zero attached hydrogens (tertiary/aromatic N) is 1. The fourth-order valence-electron chi connectivity index (χ4n) is 1.49. The van der Waals surface area contributed by atoms with Gasteiger partial charge in [-0.2, -0.15) is 12.8 Å². The maximum absolute atomic E-state index is 11.9. The molecule has 2 aromatic rings. The fourth-order valence-corrected chi connectivity index (χ4v) is 2.35.